The molecule has 21 heavy (non-hydrogen) atoms. The van der Waals surface area contributed by atoms with Crippen LogP contribution >= 0.6 is 11.8 Å². The average Bonchev–Trinajstić information content (AvgIpc) is 3.27. The van der Waals surface area contributed by atoms with Gasteiger partial charge < -0.3 is 5.32 Å². The zero-order valence-corrected chi connectivity index (χ0v) is 14.8. The van der Waals surface area contributed by atoms with Crippen LogP contribution in [-0.2, 0) is 10.2 Å². The third kappa shape index (κ3) is 6.06. The molecule has 1 saturated heterocycles. The minimum absolute atomic E-state index is 0.00536. The monoisotopic (exact) mass is 335 g/mol. The van der Waals surface area contributed by atoms with Crippen LogP contribution in [-0.4, -0.2) is 55.9 Å². The van der Waals surface area contributed by atoms with Crippen LogP contribution in [0.5, 0.6) is 0 Å². The molecule has 0 aromatic carbocycles. The van der Waals surface area contributed by atoms with E-state index in [0.29, 0.717) is 19.0 Å². The van der Waals surface area contributed by atoms with E-state index in [1.54, 1.807) is 16.1 Å². The number of nitrogens with zero attached hydrogens (tertiary/aromatic N) is 1. The Hall–Kier alpha value is 0.180. The van der Waals surface area contributed by atoms with Crippen molar-refractivity contribution < 1.29 is 8.42 Å². The van der Waals surface area contributed by atoms with Gasteiger partial charge in [-0.15, -0.1) is 0 Å². The number of hydrogen-bond donors (Lipinski definition) is 2. The lowest BCUT2D eigenvalue weighted by atomic mass is 9.98. The molecular formula is C14H29N3O2S2. The first-order valence-electron chi connectivity index (χ1n) is 8.09. The standard InChI is InChI=1S/C14H29N3O2S2/c1-3-20-11-12(2)16-21(18,19)17-8-6-13(7-9-17)10-15-14-4-5-14/h12-16H,3-11H2,1-2H3. The molecule has 0 amide bonds. The Kier molecular flexibility index (Phi) is 6.80. The highest BCUT2D eigenvalue weighted by Gasteiger charge is 2.29. The first-order valence-corrected chi connectivity index (χ1v) is 10.7. The van der Waals surface area contributed by atoms with Gasteiger partial charge in [0.25, 0.3) is 10.2 Å². The van der Waals surface area contributed by atoms with Crippen LogP contribution in [0.3, 0.4) is 0 Å². The Balaban J connectivity index is 1.71. The van der Waals surface area contributed by atoms with Crippen LogP contribution in [0.15, 0.2) is 0 Å². The second-order valence-corrected chi connectivity index (χ2v) is 9.23. The zero-order chi connectivity index (χ0) is 15.3. The molecular weight excluding hydrogens is 306 g/mol. The van der Waals surface area contributed by atoms with Crippen molar-refractivity contribution in [3.63, 3.8) is 0 Å². The Labute approximate surface area is 133 Å². The minimum atomic E-state index is -3.31. The number of hydrogen-bond acceptors (Lipinski definition) is 4. The highest BCUT2D eigenvalue weighted by Crippen LogP contribution is 2.22. The second-order valence-electron chi connectivity index (χ2n) is 6.21. The smallest absolute Gasteiger partial charge is 0.279 e. The van der Waals surface area contributed by atoms with Crippen LogP contribution in [0.4, 0.5) is 0 Å². The normalized spacial score (nSPS) is 23.3. The van der Waals surface area contributed by atoms with Crippen LogP contribution in [0.1, 0.15) is 39.5 Å². The van der Waals surface area contributed by atoms with Gasteiger partial charge in [-0.05, 0) is 50.8 Å². The fourth-order valence-electron chi connectivity index (χ4n) is 2.63. The minimum Gasteiger partial charge on any atom is -0.314 e. The molecule has 2 N–H and O–H groups in total. The van der Waals surface area contributed by atoms with E-state index < -0.39 is 10.2 Å². The van der Waals surface area contributed by atoms with Crippen LogP contribution in [0.25, 0.3) is 0 Å². The van der Waals surface area contributed by atoms with E-state index in [-0.39, 0.29) is 6.04 Å². The molecule has 1 saturated carbocycles. The largest absolute Gasteiger partial charge is 0.314 e. The zero-order valence-electron chi connectivity index (χ0n) is 13.2. The summed E-state index contributed by atoms with van der Waals surface area (Å²) in [7, 11) is -3.31. The van der Waals surface area contributed by atoms with Crippen LogP contribution in [0, 0.1) is 5.92 Å². The molecule has 0 bridgehead atoms. The summed E-state index contributed by atoms with van der Waals surface area (Å²) in [5.74, 6) is 2.48. The molecule has 1 aliphatic heterocycles. The Morgan fingerprint density at radius 3 is 2.48 bits per heavy atom. The highest BCUT2D eigenvalue weighted by molar-refractivity contribution is 7.99. The molecule has 0 spiro atoms. The van der Waals surface area contributed by atoms with E-state index >= 15 is 0 Å². The molecule has 1 heterocycles. The maximum atomic E-state index is 12.3. The molecule has 0 aromatic rings. The summed E-state index contributed by atoms with van der Waals surface area (Å²) in [4.78, 5) is 0. The van der Waals surface area contributed by atoms with Crippen molar-refractivity contribution in [1.29, 1.82) is 0 Å². The molecule has 1 atom stereocenters. The Morgan fingerprint density at radius 1 is 1.24 bits per heavy atom. The lowest BCUT2D eigenvalue weighted by Gasteiger charge is -2.32. The quantitative estimate of drug-likeness (QED) is 0.669. The van der Waals surface area contributed by atoms with Crippen molar-refractivity contribution in [3.05, 3.63) is 0 Å². The fraction of sp³-hybridized carbons (Fsp3) is 1.00. The summed E-state index contributed by atoms with van der Waals surface area (Å²) in [5, 5.41) is 3.55. The van der Waals surface area contributed by atoms with Gasteiger partial charge in [0.2, 0.25) is 0 Å². The summed E-state index contributed by atoms with van der Waals surface area (Å²) in [6, 6.07) is 0.736. The van der Waals surface area contributed by atoms with Crippen molar-refractivity contribution in [2.45, 2.75) is 51.6 Å². The highest BCUT2D eigenvalue weighted by atomic mass is 32.2. The van der Waals surface area contributed by atoms with Gasteiger partial charge in [-0.1, -0.05) is 6.92 Å². The van der Waals surface area contributed by atoms with Crippen molar-refractivity contribution in [2.24, 2.45) is 5.92 Å². The summed E-state index contributed by atoms with van der Waals surface area (Å²) >= 11 is 1.77. The molecule has 2 aliphatic rings. The molecule has 124 valence electrons. The average molecular weight is 336 g/mol. The van der Waals surface area contributed by atoms with Gasteiger partial charge >= 0.3 is 0 Å². The lowest BCUT2D eigenvalue weighted by Crippen LogP contribution is -2.49. The van der Waals surface area contributed by atoms with Gasteiger partial charge in [0.15, 0.2) is 0 Å². The second kappa shape index (κ2) is 8.15. The fourth-order valence-corrected chi connectivity index (χ4v) is 4.84. The van der Waals surface area contributed by atoms with Crippen LogP contribution in [0.2, 0.25) is 0 Å². The van der Waals surface area contributed by atoms with Gasteiger partial charge in [-0.2, -0.15) is 29.2 Å². The Morgan fingerprint density at radius 2 is 1.90 bits per heavy atom. The molecule has 0 aromatic heterocycles. The summed E-state index contributed by atoms with van der Waals surface area (Å²) in [6.45, 7) is 6.38. The van der Waals surface area contributed by atoms with E-state index in [2.05, 4.69) is 17.0 Å². The summed E-state index contributed by atoms with van der Waals surface area (Å²) in [5.41, 5.74) is 0. The lowest BCUT2D eigenvalue weighted by molar-refractivity contribution is 0.264. The van der Waals surface area contributed by atoms with E-state index in [1.165, 1.54) is 12.8 Å². The predicted molar refractivity (Wildman–Crippen MR) is 89.8 cm³/mol. The summed E-state index contributed by atoms with van der Waals surface area (Å²) in [6.07, 6.45) is 4.56. The molecule has 5 nitrogen and oxygen atoms in total. The van der Waals surface area contributed by atoms with E-state index in [4.69, 9.17) is 0 Å². The molecule has 1 unspecified atom stereocenters. The topological polar surface area (TPSA) is 61.4 Å². The van der Waals surface area contributed by atoms with E-state index in [0.717, 1.165) is 36.9 Å². The third-order valence-corrected chi connectivity index (χ3v) is 7.00. The van der Waals surface area contributed by atoms with Gasteiger partial charge in [0, 0.05) is 30.9 Å². The van der Waals surface area contributed by atoms with Crippen molar-refractivity contribution in [1.82, 2.24) is 14.3 Å². The van der Waals surface area contributed by atoms with Gasteiger partial charge in [-0.3, -0.25) is 0 Å². The number of piperidine rings is 1. The molecule has 7 heteroatoms. The van der Waals surface area contributed by atoms with Crippen molar-refractivity contribution >= 4 is 22.0 Å². The van der Waals surface area contributed by atoms with E-state index in [1.807, 2.05) is 6.92 Å². The third-order valence-electron chi connectivity index (χ3n) is 4.11. The first kappa shape index (κ1) is 17.5. The molecule has 2 rings (SSSR count). The molecule has 2 fully saturated rings. The van der Waals surface area contributed by atoms with Gasteiger partial charge in [-0.25, -0.2) is 0 Å². The van der Waals surface area contributed by atoms with Gasteiger partial charge in [0.05, 0.1) is 0 Å². The maximum absolute atomic E-state index is 12.3. The van der Waals surface area contributed by atoms with E-state index in [9.17, 15) is 8.42 Å². The first-order chi connectivity index (χ1) is 10.0. The van der Waals surface area contributed by atoms with Crippen molar-refractivity contribution in [3.8, 4) is 0 Å². The SMILES string of the molecule is CCSCC(C)NS(=O)(=O)N1CCC(CNC2CC2)CC1. The van der Waals surface area contributed by atoms with Crippen molar-refractivity contribution in [2.75, 3.05) is 31.1 Å². The van der Waals surface area contributed by atoms with Gasteiger partial charge in [0.1, 0.15) is 0 Å². The number of rotatable bonds is 9. The Bertz CT molecular complexity index is 404. The summed E-state index contributed by atoms with van der Waals surface area (Å²) < 4.78 is 29.1. The predicted octanol–water partition coefficient (Wildman–Crippen LogP) is 1.43. The number of thioether (sulfide) groups is 1. The molecule has 1 aliphatic carbocycles. The number of nitrogens with one attached hydrogen (secondary N) is 2. The van der Waals surface area contributed by atoms with Crippen LogP contribution < -0.4 is 10.0 Å². The maximum Gasteiger partial charge on any atom is 0.279 e. The molecule has 0 radical (unpaired) electrons.